The van der Waals surface area contributed by atoms with E-state index in [9.17, 15) is 29.7 Å². The van der Waals surface area contributed by atoms with E-state index >= 15 is 0 Å². The van der Waals surface area contributed by atoms with Gasteiger partial charge >= 0.3 is 0 Å². The molecule has 0 spiro atoms. The molecule has 3 heterocycles. The van der Waals surface area contributed by atoms with Crippen molar-refractivity contribution in [2.24, 2.45) is 0 Å². The summed E-state index contributed by atoms with van der Waals surface area (Å²) in [5, 5.41) is 35.4. The molecule has 0 aliphatic carbocycles. The quantitative estimate of drug-likeness (QED) is 0.226. The minimum Gasteiger partial charge on any atom is -0.394 e. The monoisotopic (exact) mass is 462 g/mol. The van der Waals surface area contributed by atoms with Crippen LogP contribution in [0.3, 0.4) is 0 Å². The molecule has 32 heavy (non-hydrogen) atoms. The fourth-order valence-electron chi connectivity index (χ4n) is 4.11. The molecule has 3 fully saturated rings. The number of amides is 2. The van der Waals surface area contributed by atoms with E-state index in [1.807, 2.05) is 0 Å². The number of carbonyl (C=O) groups is 3. The molecule has 0 radical (unpaired) electrons. The highest BCUT2D eigenvalue weighted by Gasteiger charge is 2.55. The highest BCUT2D eigenvalue weighted by Crippen LogP contribution is 2.35. The zero-order valence-electron chi connectivity index (χ0n) is 18.0. The fourth-order valence-corrected chi connectivity index (χ4v) is 4.11. The molecule has 0 aromatic heterocycles. The molecule has 1 unspecified atom stereocenters. The maximum atomic E-state index is 11.8. The van der Waals surface area contributed by atoms with Crippen molar-refractivity contribution >= 4 is 18.1 Å². The summed E-state index contributed by atoms with van der Waals surface area (Å²) in [4.78, 5) is 34.7. The maximum Gasteiger partial charge on any atom is 0.217 e. The van der Waals surface area contributed by atoms with Crippen LogP contribution in [0.5, 0.6) is 0 Å². The number of aliphatic hydroxyl groups excluding tert-OH is 3. The predicted octanol–water partition coefficient (Wildman–Crippen LogP) is -3.45. The number of hydrogen-bond acceptors (Lipinski definition) is 11. The average Bonchev–Trinajstić information content (AvgIpc) is 3.18. The average molecular weight is 462 g/mol. The van der Waals surface area contributed by atoms with Crippen molar-refractivity contribution in [2.75, 3.05) is 13.2 Å². The van der Waals surface area contributed by atoms with Gasteiger partial charge in [0.15, 0.2) is 12.6 Å². The Morgan fingerprint density at radius 2 is 1.75 bits per heavy atom. The maximum absolute atomic E-state index is 11.8. The molecule has 11 atom stereocenters. The Bertz CT molecular complexity index is 694. The third kappa shape index (κ3) is 5.26. The van der Waals surface area contributed by atoms with Gasteiger partial charge in [-0.05, 0) is 6.92 Å². The van der Waals surface area contributed by atoms with Gasteiger partial charge in [-0.15, -0.1) is 0 Å². The van der Waals surface area contributed by atoms with Crippen molar-refractivity contribution in [1.29, 1.82) is 0 Å². The van der Waals surface area contributed by atoms with Gasteiger partial charge in [0.1, 0.15) is 61.1 Å². The number of hydrogen-bond donors (Lipinski definition) is 5. The summed E-state index contributed by atoms with van der Waals surface area (Å²) in [5.74, 6) is -0.897. The molecule has 3 aliphatic heterocycles. The Morgan fingerprint density at radius 1 is 1.09 bits per heavy atom. The van der Waals surface area contributed by atoms with Crippen LogP contribution in [0.25, 0.3) is 0 Å². The second-order valence-electron chi connectivity index (χ2n) is 8.08. The zero-order valence-corrected chi connectivity index (χ0v) is 18.0. The van der Waals surface area contributed by atoms with Gasteiger partial charge in [0, 0.05) is 13.8 Å². The van der Waals surface area contributed by atoms with Gasteiger partial charge in [-0.1, -0.05) is 0 Å². The summed E-state index contributed by atoms with van der Waals surface area (Å²) < 4.78 is 28.9. The van der Waals surface area contributed by atoms with E-state index in [1.165, 1.54) is 20.8 Å². The zero-order chi connectivity index (χ0) is 23.6. The molecule has 3 saturated heterocycles. The van der Waals surface area contributed by atoms with Crippen LogP contribution in [0.1, 0.15) is 20.8 Å². The minimum absolute atomic E-state index is 0.0902. The van der Waals surface area contributed by atoms with E-state index in [0.717, 1.165) is 0 Å². The summed E-state index contributed by atoms with van der Waals surface area (Å²) in [5.41, 5.74) is 0. The van der Waals surface area contributed by atoms with Crippen molar-refractivity contribution in [3.05, 3.63) is 0 Å². The number of rotatable bonds is 8. The summed E-state index contributed by atoms with van der Waals surface area (Å²) in [6, 6.07) is -2.01. The number of aldehydes is 1. The van der Waals surface area contributed by atoms with E-state index in [-0.39, 0.29) is 12.5 Å². The molecule has 13 nitrogen and oxygen atoms in total. The van der Waals surface area contributed by atoms with E-state index < -0.39 is 79.9 Å². The van der Waals surface area contributed by atoms with Gasteiger partial charge in [-0.25, -0.2) is 0 Å². The number of aliphatic hydroxyl groups is 3. The van der Waals surface area contributed by atoms with E-state index in [4.69, 9.17) is 23.7 Å². The third-order valence-electron chi connectivity index (χ3n) is 5.55. The lowest BCUT2D eigenvalue weighted by Gasteiger charge is -2.46. The molecule has 3 rings (SSSR count). The largest absolute Gasteiger partial charge is 0.394 e. The molecule has 2 amide bonds. The number of carbonyl (C=O) groups excluding carboxylic acids is 3. The van der Waals surface area contributed by atoms with Gasteiger partial charge in [-0.2, -0.15) is 0 Å². The normalized spacial score (nSPS) is 42.2. The van der Waals surface area contributed by atoms with E-state index in [0.29, 0.717) is 6.29 Å². The van der Waals surface area contributed by atoms with Gasteiger partial charge in [0.25, 0.3) is 0 Å². The summed E-state index contributed by atoms with van der Waals surface area (Å²) in [7, 11) is 0. The van der Waals surface area contributed by atoms with Crippen LogP contribution in [0.2, 0.25) is 0 Å². The number of nitrogens with one attached hydrogen (secondary N) is 2. The summed E-state index contributed by atoms with van der Waals surface area (Å²) in [6.07, 6.45) is -9.14. The Balaban J connectivity index is 1.89. The van der Waals surface area contributed by atoms with Gasteiger partial charge in [0.2, 0.25) is 11.8 Å². The lowest BCUT2D eigenvalue weighted by Crippen LogP contribution is -2.68. The Labute approximate surface area is 184 Å². The lowest BCUT2D eigenvalue weighted by atomic mass is 9.95. The first kappa shape index (κ1) is 24.9. The molecule has 5 N–H and O–H groups in total. The molecule has 0 aromatic rings. The number of fused-ring (bicyclic) bond motifs is 2. The van der Waals surface area contributed by atoms with Gasteiger partial charge < -0.3 is 54.4 Å². The first-order valence-corrected chi connectivity index (χ1v) is 10.4. The molecular formula is C19H30N2O11. The summed E-state index contributed by atoms with van der Waals surface area (Å²) >= 11 is 0. The SMILES string of the molecule is CC(=O)N[C@H]1[C@H](O[C@H]2[C@H](O[C@H](C)C=O)[C@@H](NC(C)=O)C3OC[C@H]2O3)O[C@H](CO)[C@@H](O)[C@@H]1O. The molecule has 13 heteroatoms. The third-order valence-corrected chi connectivity index (χ3v) is 5.55. The fraction of sp³-hybridized carbons (Fsp3) is 0.842. The van der Waals surface area contributed by atoms with Gasteiger partial charge in [-0.3, -0.25) is 9.59 Å². The first-order chi connectivity index (χ1) is 15.2. The highest BCUT2D eigenvalue weighted by molar-refractivity contribution is 5.73. The van der Waals surface area contributed by atoms with Crippen LogP contribution in [-0.2, 0) is 38.1 Å². The summed E-state index contributed by atoms with van der Waals surface area (Å²) in [6.45, 7) is 3.52. The smallest absolute Gasteiger partial charge is 0.217 e. The van der Waals surface area contributed by atoms with E-state index in [1.54, 1.807) is 0 Å². The molecule has 2 bridgehead atoms. The van der Waals surface area contributed by atoms with Crippen LogP contribution >= 0.6 is 0 Å². The van der Waals surface area contributed by atoms with Crippen molar-refractivity contribution in [1.82, 2.24) is 10.6 Å². The van der Waals surface area contributed by atoms with Crippen LogP contribution < -0.4 is 10.6 Å². The van der Waals surface area contributed by atoms with Crippen molar-refractivity contribution < 1.29 is 53.4 Å². The molecular weight excluding hydrogens is 432 g/mol. The van der Waals surface area contributed by atoms with Crippen LogP contribution in [0, 0.1) is 0 Å². The van der Waals surface area contributed by atoms with Crippen LogP contribution in [0.4, 0.5) is 0 Å². The van der Waals surface area contributed by atoms with Crippen LogP contribution in [0.15, 0.2) is 0 Å². The van der Waals surface area contributed by atoms with Crippen molar-refractivity contribution in [3.63, 3.8) is 0 Å². The minimum atomic E-state index is -1.51. The van der Waals surface area contributed by atoms with Crippen LogP contribution in [-0.4, -0.2) is 114 Å². The second-order valence-corrected chi connectivity index (χ2v) is 8.08. The Kier molecular flexibility index (Phi) is 8.16. The van der Waals surface area contributed by atoms with Crippen molar-refractivity contribution in [2.45, 2.75) is 88.2 Å². The molecule has 0 aromatic carbocycles. The standard InChI is InChI=1S/C19H30N2O11/c1-7(4-22)29-17-13(21-9(3)25)18-28-6-11(31-18)16(17)32-19-12(20-8(2)24)15(27)14(26)10(5-23)30-19/h4,7,10-19,23,26-27H,5-6H2,1-3H3,(H,20,24)(H,21,25)/t7-,10-,11-,12-,13-,14-,15-,16-,17-,18?,19+/m1/s1. The highest BCUT2D eigenvalue weighted by atomic mass is 16.8. The molecule has 182 valence electrons. The lowest BCUT2D eigenvalue weighted by molar-refractivity contribution is -0.313. The topological polar surface area (TPSA) is 182 Å². The van der Waals surface area contributed by atoms with Crippen molar-refractivity contribution in [3.8, 4) is 0 Å². The first-order valence-electron chi connectivity index (χ1n) is 10.4. The number of ether oxygens (including phenoxy) is 5. The Morgan fingerprint density at radius 3 is 2.34 bits per heavy atom. The predicted molar refractivity (Wildman–Crippen MR) is 103 cm³/mol. The van der Waals surface area contributed by atoms with E-state index in [2.05, 4.69) is 10.6 Å². The second kappa shape index (κ2) is 10.5. The molecule has 0 saturated carbocycles. The molecule has 3 aliphatic rings. The Hall–Kier alpha value is -1.71. The van der Waals surface area contributed by atoms with Gasteiger partial charge in [0.05, 0.1) is 13.2 Å².